The highest BCUT2D eigenvalue weighted by Crippen LogP contribution is 2.20. The predicted molar refractivity (Wildman–Crippen MR) is 78.6 cm³/mol. The SMILES string of the molecule is CCOCc1ccc(Nc2cc(OCC(F)(F)F)ncn2)cc1. The number of hydrogen-bond donors (Lipinski definition) is 1. The van der Waals surface area contributed by atoms with Crippen molar-refractivity contribution in [1.82, 2.24) is 9.97 Å². The zero-order valence-electron chi connectivity index (χ0n) is 12.4. The van der Waals surface area contributed by atoms with E-state index in [0.29, 0.717) is 19.0 Å². The highest BCUT2D eigenvalue weighted by molar-refractivity contribution is 5.56. The standard InChI is InChI=1S/C15H16F3N3O2/c1-2-22-8-11-3-5-12(6-4-11)21-13-7-14(20-10-19-13)23-9-15(16,17)18/h3-7,10H,2,8-9H2,1H3,(H,19,20,21). The summed E-state index contributed by atoms with van der Waals surface area (Å²) in [5.74, 6) is 0.197. The van der Waals surface area contributed by atoms with Crippen molar-refractivity contribution >= 4 is 11.5 Å². The molecular weight excluding hydrogens is 311 g/mol. The largest absolute Gasteiger partial charge is 0.468 e. The molecule has 0 amide bonds. The number of benzene rings is 1. The summed E-state index contributed by atoms with van der Waals surface area (Å²) in [6.45, 7) is 1.69. The molecule has 0 saturated carbocycles. The molecule has 23 heavy (non-hydrogen) atoms. The van der Waals surface area contributed by atoms with Crippen molar-refractivity contribution in [3.8, 4) is 5.88 Å². The van der Waals surface area contributed by atoms with Gasteiger partial charge in [-0.3, -0.25) is 0 Å². The first-order chi connectivity index (χ1) is 11.0. The number of hydrogen-bond acceptors (Lipinski definition) is 5. The van der Waals surface area contributed by atoms with Gasteiger partial charge >= 0.3 is 6.18 Å². The second kappa shape index (κ2) is 7.77. The van der Waals surface area contributed by atoms with Crippen LogP contribution in [-0.2, 0) is 11.3 Å². The Kier molecular flexibility index (Phi) is 5.75. The topological polar surface area (TPSA) is 56.3 Å². The van der Waals surface area contributed by atoms with Crippen molar-refractivity contribution in [1.29, 1.82) is 0 Å². The minimum absolute atomic E-state index is 0.146. The lowest BCUT2D eigenvalue weighted by Crippen LogP contribution is -2.19. The van der Waals surface area contributed by atoms with Crippen LogP contribution in [0, 0.1) is 0 Å². The Bertz CT molecular complexity index is 618. The van der Waals surface area contributed by atoms with Crippen LogP contribution >= 0.6 is 0 Å². The van der Waals surface area contributed by atoms with Gasteiger partial charge in [-0.25, -0.2) is 9.97 Å². The number of ether oxygens (including phenoxy) is 2. The summed E-state index contributed by atoms with van der Waals surface area (Å²) in [6, 6.07) is 8.74. The van der Waals surface area contributed by atoms with Crippen LogP contribution in [0.1, 0.15) is 12.5 Å². The van der Waals surface area contributed by atoms with Gasteiger partial charge in [-0.2, -0.15) is 13.2 Å². The predicted octanol–water partition coefficient (Wildman–Crippen LogP) is 3.70. The molecule has 0 saturated heterocycles. The molecule has 0 fully saturated rings. The van der Waals surface area contributed by atoms with Gasteiger partial charge in [-0.15, -0.1) is 0 Å². The lowest BCUT2D eigenvalue weighted by atomic mass is 10.2. The van der Waals surface area contributed by atoms with E-state index in [0.717, 1.165) is 17.6 Å². The molecule has 5 nitrogen and oxygen atoms in total. The first-order valence-corrected chi connectivity index (χ1v) is 6.91. The highest BCUT2D eigenvalue weighted by Gasteiger charge is 2.28. The molecule has 0 spiro atoms. The Balaban J connectivity index is 1.97. The number of alkyl halides is 3. The van der Waals surface area contributed by atoms with Crippen LogP contribution in [0.2, 0.25) is 0 Å². The van der Waals surface area contributed by atoms with Crippen LogP contribution in [-0.4, -0.2) is 29.4 Å². The summed E-state index contributed by atoms with van der Waals surface area (Å²) in [5, 5.41) is 2.97. The van der Waals surface area contributed by atoms with Crippen LogP contribution in [0.5, 0.6) is 5.88 Å². The molecule has 0 atom stereocenters. The average Bonchev–Trinajstić information content (AvgIpc) is 2.52. The maximum atomic E-state index is 12.1. The Hall–Kier alpha value is -2.35. The van der Waals surface area contributed by atoms with Gasteiger partial charge < -0.3 is 14.8 Å². The van der Waals surface area contributed by atoms with Gasteiger partial charge in [-0.05, 0) is 24.6 Å². The van der Waals surface area contributed by atoms with E-state index in [1.165, 1.54) is 6.07 Å². The Morgan fingerprint density at radius 2 is 1.87 bits per heavy atom. The van der Waals surface area contributed by atoms with E-state index in [9.17, 15) is 13.2 Å². The first-order valence-electron chi connectivity index (χ1n) is 6.91. The fourth-order valence-electron chi connectivity index (χ4n) is 1.69. The Morgan fingerprint density at radius 3 is 2.52 bits per heavy atom. The molecule has 0 aliphatic carbocycles. The number of halogens is 3. The quantitative estimate of drug-likeness (QED) is 0.840. The molecule has 0 unspecified atom stereocenters. The van der Waals surface area contributed by atoms with E-state index in [1.807, 2.05) is 31.2 Å². The number of anilines is 2. The normalized spacial score (nSPS) is 11.3. The van der Waals surface area contributed by atoms with E-state index < -0.39 is 12.8 Å². The maximum absolute atomic E-state index is 12.1. The number of nitrogens with zero attached hydrogens (tertiary/aromatic N) is 2. The zero-order valence-corrected chi connectivity index (χ0v) is 12.4. The molecular formula is C15H16F3N3O2. The van der Waals surface area contributed by atoms with Gasteiger partial charge in [0, 0.05) is 18.4 Å². The first kappa shape index (κ1) is 17.0. The van der Waals surface area contributed by atoms with Crippen molar-refractivity contribution in [3.05, 3.63) is 42.2 Å². The van der Waals surface area contributed by atoms with Crippen molar-refractivity contribution in [2.24, 2.45) is 0 Å². The molecule has 1 aromatic heterocycles. The van der Waals surface area contributed by atoms with Gasteiger partial charge in [0.25, 0.3) is 0 Å². The smallest absolute Gasteiger partial charge is 0.422 e. The Morgan fingerprint density at radius 1 is 1.13 bits per heavy atom. The van der Waals surface area contributed by atoms with Gasteiger partial charge in [0.05, 0.1) is 6.61 Å². The van der Waals surface area contributed by atoms with E-state index in [2.05, 4.69) is 20.0 Å². The summed E-state index contributed by atoms with van der Waals surface area (Å²) in [5.41, 5.74) is 1.76. The van der Waals surface area contributed by atoms with E-state index in [-0.39, 0.29) is 5.88 Å². The number of rotatable bonds is 7. The summed E-state index contributed by atoms with van der Waals surface area (Å²) in [6.07, 6.45) is -3.27. The minimum atomic E-state index is -4.41. The van der Waals surface area contributed by atoms with Crippen LogP contribution in [0.4, 0.5) is 24.7 Å². The third kappa shape index (κ3) is 6.11. The molecule has 0 radical (unpaired) electrons. The van der Waals surface area contributed by atoms with Gasteiger partial charge in [0.15, 0.2) is 6.61 Å². The van der Waals surface area contributed by atoms with Crippen LogP contribution in [0.3, 0.4) is 0 Å². The molecule has 0 aliphatic heterocycles. The van der Waals surface area contributed by atoms with Crippen molar-refractivity contribution in [2.75, 3.05) is 18.5 Å². The average molecular weight is 327 g/mol. The summed E-state index contributed by atoms with van der Waals surface area (Å²) < 4.78 is 46.2. The second-order valence-corrected chi connectivity index (χ2v) is 4.60. The molecule has 124 valence electrons. The van der Waals surface area contributed by atoms with Gasteiger partial charge in [0.1, 0.15) is 12.1 Å². The van der Waals surface area contributed by atoms with Gasteiger partial charge in [-0.1, -0.05) is 12.1 Å². The van der Waals surface area contributed by atoms with Crippen molar-refractivity contribution in [3.63, 3.8) is 0 Å². The molecule has 0 aliphatic rings. The van der Waals surface area contributed by atoms with Gasteiger partial charge in [0.2, 0.25) is 5.88 Å². The fourth-order valence-corrected chi connectivity index (χ4v) is 1.69. The second-order valence-electron chi connectivity index (χ2n) is 4.60. The zero-order chi connectivity index (χ0) is 16.7. The van der Waals surface area contributed by atoms with Crippen molar-refractivity contribution in [2.45, 2.75) is 19.7 Å². The third-order valence-corrected chi connectivity index (χ3v) is 2.72. The molecule has 8 heteroatoms. The lowest BCUT2D eigenvalue weighted by Gasteiger charge is -2.10. The molecule has 2 rings (SSSR count). The van der Waals surface area contributed by atoms with Crippen LogP contribution in [0.25, 0.3) is 0 Å². The summed E-state index contributed by atoms with van der Waals surface area (Å²) in [4.78, 5) is 7.59. The fraction of sp³-hybridized carbons (Fsp3) is 0.333. The van der Waals surface area contributed by atoms with Crippen LogP contribution in [0.15, 0.2) is 36.7 Å². The molecule has 1 aromatic carbocycles. The van der Waals surface area contributed by atoms with E-state index >= 15 is 0 Å². The number of aromatic nitrogens is 2. The lowest BCUT2D eigenvalue weighted by molar-refractivity contribution is -0.154. The third-order valence-electron chi connectivity index (χ3n) is 2.72. The maximum Gasteiger partial charge on any atom is 0.422 e. The molecule has 1 heterocycles. The summed E-state index contributed by atoms with van der Waals surface area (Å²) >= 11 is 0. The van der Waals surface area contributed by atoms with Crippen molar-refractivity contribution < 1.29 is 22.6 Å². The Labute approximate surface area is 131 Å². The molecule has 0 bridgehead atoms. The minimum Gasteiger partial charge on any atom is -0.468 e. The van der Waals surface area contributed by atoms with Crippen LogP contribution < -0.4 is 10.1 Å². The summed E-state index contributed by atoms with van der Waals surface area (Å²) in [7, 11) is 0. The molecule has 1 N–H and O–H groups in total. The number of nitrogens with one attached hydrogen (secondary N) is 1. The van der Waals surface area contributed by atoms with E-state index in [4.69, 9.17) is 4.74 Å². The monoisotopic (exact) mass is 327 g/mol. The molecule has 2 aromatic rings. The highest BCUT2D eigenvalue weighted by atomic mass is 19.4. The van der Waals surface area contributed by atoms with E-state index in [1.54, 1.807) is 0 Å².